The first-order valence-corrected chi connectivity index (χ1v) is 13.1. The number of imide groups is 1. The molecular weight excluding hydrogens is 452 g/mol. The van der Waals surface area contributed by atoms with Gasteiger partial charge in [-0.05, 0) is 54.4 Å². The average Bonchev–Trinajstić information content (AvgIpc) is 3.54. The second kappa shape index (κ2) is 6.93. The molecule has 1 aromatic heterocycles. The minimum Gasteiger partial charge on any atom is -0.307 e. The summed E-state index contributed by atoms with van der Waals surface area (Å²) in [6.45, 7) is 2.12. The Morgan fingerprint density at radius 1 is 0.909 bits per heavy atom. The third kappa shape index (κ3) is 2.58. The van der Waals surface area contributed by atoms with Crippen LogP contribution in [0.3, 0.4) is 0 Å². The molecule has 7 rings (SSSR count). The number of nitrogens with zero attached hydrogens (tertiary/aromatic N) is 1. The second-order valence-corrected chi connectivity index (χ2v) is 11.9. The molecule has 33 heavy (non-hydrogen) atoms. The summed E-state index contributed by atoms with van der Waals surface area (Å²) < 4.78 is 0. The number of anilines is 1. The van der Waals surface area contributed by atoms with Crippen molar-refractivity contribution in [1.29, 1.82) is 0 Å². The van der Waals surface area contributed by atoms with Gasteiger partial charge in [-0.3, -0.25) is 19.3 Å². The third-order valence-electron chi connectivity index (χ3n) is 8.26. The van der Waals surface area contributed by atoms with Gasteiger partial charge in [0.2, 0.25) is 11.8 Å². The number of benzene rings is 2. The summed E-state index contributed by atoms with van der Waals surface area (Å²) >= 11 is 3.05. The number of thiazole rings is 1. The molecule has 5 nitrogen and oxygen atoms in total. The van der Waals surface area contributed by atoms with Crippen molar-refractivity contribution in [3.8, 4) is 0 Å². The first-order valence-electron chi connectivity index (χ1n) is 11.4. The number of hydrogen-bond donors (Lipinski definition) is 1. The van der Waals surface area contributed by atoms with Gasteiger partial charge in [0.05, 0.1) is 22.5 Å². The quantitative estimate of drug-likeness (QED) is 0.558. The highest BCUT2D eigenvalue weighted by Gasteiger charge is 2.69. The summed E-state index contributed by atoms with van der Waals surface area (Å²) in [5.74, 6) is 0.0494. The first-order chi connectivity index (χ1) is 16.0. The zero-order valence-electron chi connectivity index (χ0n) is 17.9. The first kappa shape index (κ1) is 19.8. The molecule has 2 aromatic carbocycles. The smallest absolute Gasteiger partial charge is 0.305 e. The van der Waals surface area contributed by atoms with Crippen LogP contribution in [0, 0.1) is 36.5 Å². The number of aryl methyl sites for hydroxylation is 1. The van der Waals surface area contributed by atoms with Gasteiger partial charge in [0, 0.05) is 16.0 Å². The molecule has 0 unspecified atom stereocenters. The molecule has 0 spiro atoms. The van der Waals surface area contributed by atoms with Crippen molar-refractivity contribution in [1.82, 2.24) is 4.98 Å². The van der Waals surface area contributed by atoms with E-state index in [1.807, 2.05) is 36.4 Å². The van der Waals surface area contributed by atoms with Gasteiger partial charge in [0.1, 0.15) is 0 Å². The van der Waals surface area contributed by atoms with E-state index in [4.69, 9.17) is 0 Å². The molecule has 3 fully saturated rings. The van der Waals surface area contributed by atoms with E-state index < -0.39 is 0 Å². The Balaban J connectivity index is 1.36. The molecule has 2 saturated carbocycles. The number of fused-ring (bicyclic) bond motifs is 9. The molecule has 1 N–H and O–H groups in total. The molecule has 4 aliphatic rings. The number of aromatic amines is 1. The van der Waals surface area contributed by atoms with Crippen LogP contribution in [0.15, 0.2) is 64.4 Å². The van der Waals surface area contributed by atoms with Crippen LogP contribution in [0.25, 0.3) is 0 Å². The summed E-state index contributed by atoms with van der Waals surface area (Å²) in [5, 5.41) is 1.19. The van der Waals surface area contributed by atoms with Gasteiger partial charge in [-0.1, -0.05) is 53.8 Å². The molecule has 7 atom stereocenters. The van der Waals surface area contributed by atoms with E-state index in [0.717, 1.165) is 16.3 Å². The Kier molecular flexibility index (Phi) is 4.16. The lowest BCUT2D eigenvalue weighted by Crippen LogP contribution is -2.42. The molecule has 1 saturated heterocycles. The number of rotatable bonds is 2. The number of amides is 2. The standard InChI is InChI=1S/C26H22N2O3S2/c1-12-7-5-6-10-14(12)17-18-15-11-16(21(18)32-23-22(17)33-26(31)27-23)20-19(15)24(29)28(25(20)30)13-8-3-2-4-9-13/h2-10,15-21H,11H2,1H3,(H,27,31)/t15-,16+,17-,18+,19-,20+,21-/m1/s1. The molecule has 2 bridgehead atoms. The van der Waals surface area contributed by atoms with Gasteiger partial charge >= 0.3 is 4.87 Å². The third-order valence-corrected chi connectivity index (χ3v) is 10.9. The van der Waals surface area contributed by atoms with Crippen LogP contribution < -0.4 is 9.77 Å². The van der Waals surface area contributed by atoms with Gasteiger partial charge in [-0.2, -0.15) is 0 Å². The van der Waals surface area contributed by atoms with Crippen molar-refractivity contribution < 1.29 is 9.59 Å². The zero-order valence-corrected chi connectivity index (χ0v) is 19.6. The molecule has 166 valence electrons. The number of nitrogens with one attached hydrogen (secondary N) is 1. The summed E-state index contributed by atoms with van der Waals surface area (Å²) in [5.41, 5.74) is 3.12. The van der Waals surface area contributed by atoms with Crippen LogP contribution in [-0.2, 0) is 9.59 Å². The van der Waals surface area contributed by atoms with Crippen molar-refractivity contribution in [3.05, 3.63) is 80.3 Å². The number of aromatic nitrogens is 1. The van der Waals surface area contributed by atoms with E-state index in [9.17, 15) is 14.4 Å². The maximum Gasteiger partial charge on any atom is 0.305 e. The number of thioether (sulfide) groups is 1. The van der Waals surface area contributed by atoms with Crippen molar-refractivity contribution in [2.75, 3.05) is 4.90 Å². The summed E-state index contributed by atoms with van der Waals surface area (Å²) in [6, 6.07) is 17.7. The predicted molar refractivity (Wildman–Crippen MR) is 129 cm³/mol. The molecule has 3 aromatic rings. The average molecular weight is 475 g/mol. The van der Waals surface area contributed by atoms with Gasteiger partial charge in [-0.15, -0.1) is 11.8 Å². The summed E-state index contributed by atoms with van der Waals surface area (Å²) in [7, 11) is 0. The summed E-state index contributed by atoms with van der Waals surface area (Å²) in [4.78, 5) is 45.2. The van der Waals surface area contributed by atoms with E-state index in [1.165, 1.54) is 27.4 Å². The van der Waals surface area contributed by atoms with Crippen LogP contribution in [0.4, 0.5) is 5.69 Å². The number of carbonyl (C=O) groups is 2. The molecule has 3 heterocycles. The van der Waals surface area contributed by atoms with E-state index in [2.05, 4.69) is 30.1 Å². The molecule has 2 amide bonds. The molecule has 2 aliphatic heterocycles. The highest BCUT2D eigenvalue weighted by Crippen LogP contribution is 2.68. The Morgan fingerprint density at radius 2 is 1.61 bits per heavy atom. The molecule has 0 radical (unpaired) electrons. The van der Waals surface area contributed by atoms with Crippen molar-refractivity contribution >= 4 is 40.6 Å². The second-order valence-electron chi connectivity index (χ2n) is 9.66. The van der Waals surface area contributed by atoms with Crippen LogP contribution in [0.5, 0.6) is 0 Å². The Labute approximate surface area is 199 Å². The topological polar surface area (TPSA) is 70.2 Å². The largest absolute Gasteiger partial charge is 0.307 e. The fourth-order valence-electron chi connectivity index (χ4n) is 7.13. The number of para-hydroxylation sites is 1. The van der Waals surface area contributed by atoms with Gasteiger partial charge in [-0.25, -0.2) is 0 Å². The van der Waals surface area contributed by atoms with E-state index in [1.54, 1.807) is 11.8 Å². The fourth-order valence-corrected chi connectivity index (χ4v) is 10.0. The Bertz CT molecular complexity index is 1360. The highest BCUT2D eigenvalue weighted by atomic mass is 32.2. The summed E-state index contributed by atoms with van der Waals surface area (Å²) in [6.07, 6.45) is 0.916. The fraction of sp³-hybridized carbons (Fsp3) is 0.346. The van der Waals surface area contributed by atoms with Crippen LogP contribution in [0.2, 0.25) is 0 Å². The van der Waals surface area contributed by atoms with E-state index in [-0.39, 0.29) is 57.4 Å². The Morgan fingerprint density at radius 3 is 2.36 bits per heavy atom. The lowest BCUT2D eigenvalue weighted by atomic mass is 9.67. The van der Waals surface area contributed by atoms with Gasteiger partial charge < -0.3 is 4.98 Å². The maximum atomic E-state index is 13.7. The van der Waals surface area contributed by atoms with Gasteiger partial charge in [0.15, 0.2) is 0 Å². The van der Waals surface area contributed by atoms with Crippen LogP contribution >= 0.6 is 23.1 Å². The molecule has 2 aliphatic carbocycles. The number of carbonyl (C=O) groups excluding carboxylic acids is 2. The minimum atomic E-state index is -0.256. The highest BCUT2D eigenvalue weighted by molar-refractivity contribution is 8.00. The lowest BCUT2D eigenvalue weighted by Gasteiger charge is -2.43. The molecule has 7 heteroatoms. The lowest BCUT2D eigenvalue weighted by molar-refractivity contribution is -0.123. The van der Waals surface area contributed by atoms with Crippen molar-refractivity contribution in [3.63, 3.8) is 0 Å². The van der Waals surface area contributed by atoms with Crippen LogP contribution in [-0.4, -0.2) is 22.0 Å². The monoisotopic (exact) mass is 474 g/mol. The predicted octanol–water partition coefficient (Wildman–Crippen LogP) is 4.42. The Hall–Kier alpha value is -2.64. The SMILES string of the molecule is Cc1ccccc1[C@H]1c2sc(=O)[nH]c2S[C@@H]2[C@H]3C[C@@H]([C@H]4C(=O)N(c5ccccc5)C(=O)[C@@H]34)[C@@H]12. The van der Waals surface area contributed by atoms with E-state index >= 15 is 0 Å². The van der Waals surface area contributed by atoms with Crippen LogP contribution in [0.1, 0.15) is 28.3 Å². The van der Waals surface area contributed by atoms with Crippen molar-refractivity contribution in [2.24, 2.45) is 29.6 Å². The molecular formula is C26H22N2O3S2. The zero-order chi connectivity index (χ0) is 22.4. The van der Waals surface area contributed by atoms with Gasteiger partial charge in [0.25, 0.3) is 0 Å². The number of hydrogen-bond acceptors (Lipinski definition) is 5. The van der Waals surface area contributed by atoms with Crippen molar-refractivity contribution in [2.45, 2.75) is 29.5 Å². The maximum absolute atomic E-state index is 13.7. The number of H-pyrrole nitrogens is 1. The minimum absolute atomic E-state index is 0.0268. The normalized spacial score (nSPS) is 33.8. The van der Waals surface area contributed by atoms with E-state index in [0.29, 0.717) is 5.69 Å².